The molecule has 28 heavy (non-hydrogen) atoms. The Hall–Kier alpha value is -1.93. The third-order valence-corrected chi connectivity index (χ3v) is 6.99. The minimum Gasteiger partial charge on any atom is -0.497 e. The summed E-state index contributed by atoms with van der Waals surface area (Å²) >= 11 is 0. The molecule has 2 heterocycles. The summed E-state index contributed by atoms with van der Waals surface area (Å²) in [6.07, 6.45) is -1.21. The first kappa shape index (κ1) is 19.4. The topological polar surface area (TPSA) is 74.4 Å². The van der Waals surface area contributed by atoms with E-state index in [1.54, 1.807) is 31.4 Å². The molecule has 2 aliphatic heterocycles. The van der Waals surface area contributed by atoms with E-state index in [9.17, 15) is 8.42 Å². The zero-order valence-corrected chi connectivity index (χ0v) is 16.9. The van der Waals surface area contributed by atoms with E-state index in [1.807, 2.05) is 38.1 Å². The Balaban J connectivity index is 1.40. The Labute approximate surface area is 165 Å². The molecule has 2 aliphatic rings. The third-order valence-electron chi connectivity index (χ3n) is 5.23. The summed E-state index contributed by atoms with van der Waals surface area (Å²) in [5, 5.41) is 0. The number of hydrogen-bond acceptors (Lipinski definition) is 6. The summed E-state index contributed by atoms with van der Waals surface area (Å²) in [7, 11) is -1.80. The van der Waals surface area contributed by atoms with E-state index in [1.165, 1.54) is 0 Å². The van der Waals surface area contributed by atoms with Crippen molar-refractivity contribution in [2.45, 2.75) is 42.8 Å². The standard InChI is InChI=1S/C21H24O6S/c1-14-4-10-17(11-5-14)28(22,23)12-18-19(26-18)21(2)13-25-20(27-21)15-6-8-16(24-3)9-7-15/h4-11,18-20H,12-13H2,1-3H3/t18-,19+,20?,21+/m0/s1. The second kappa shape index (κ2) is 7.15. The van der Waals surface area contributed by atoms with Crippen LogP contribution in [-0.4, -0.2) is 45.7 Å². The summed E-state index contributed by atoms with van der Waals surface area (Å²) in [4.78, 5) is 0.317. The van der Waals surface area contributed by atoms with Crippen molar-refractivity contribution in [2.75, 3.05) is 19.5 Å². The molecule has 150 valence electrons. The molecular formula is C21H24O6S. The van der Waals surface area contributed by atoms with Crippen molar-refractivity contribution in [3.8, 4) is 5.75 Å². The molecule has 0 aliphatic carbocycles. The van der Waals surface area contributed by atoms with Crippen LogP contribution in [0.2, 0.25) is 0 Å². The van der Waals surface area contributed by atoms with Crippen LogP contribution in [0.4, 0.5) is 0 Å². The van der Waals surface area contributed by atoms with E-state index in [0.29, 0.717) is 11.5 Å². The number of rotatable bonds is 6. The van der Waals surface area contributed by atoms with E-state index in [4.69, 9.17) is 18.9 Å². The molecule has 7 heteroatoms. The van der Waals surface area contributed by atoms with Crippen LogP contribution in [0.15, 0.2) is 53.4 Å². The second-order valence-corrected chi connectivity index (χ2v) is 9.57. The number of hydrogen-bond donors (Lipinski definition) is 0. The largest absolute Gasteiger partial charge is 0.497 e. The van der Waals surface area contributed by atoms with Crippen molar-refractivity contribution in [3.63, 3.8) is 0 Å². The number of aryl methyl sites for hydroxylation is 1. The first-order chi connectivity index (χ1) is 13.3. The van der Waals surface area contributed by atoms with Crippen LogP contribution in [0.25, 0.3) is 0 Å². The minimum atomic E-state index is -3.41. The van der Waals surface area contributed by atoms with Crippen LogP contribution < -0.4 is 4.74 Å². The molecule has 6 nitrogen and oxygen atoms in total. The Morgan fingerprint density at radius 3 is 2.43 bits per heavy atom. The van der Waals surface area contributed by atoms with Crippen molar-refractivity contribution in [1.82, 2.24) is 0 Å². The van der Waals surface area contributed by atoms with E-state index >= 15 is 0 Å². The van der Waals surface area contributed by atoms with Crippen LogP contribution in [0.1, 0.15) is 24.3 Å². The molecule has 2 aromatic carbocycles. The van der Waals surface area contributed by atoms with Crippen molar-refractivity contribution in [1.29, 1.82) is 0 Å². The molecule has 0 saturated carbocycles. The minimum absolute atomic E-state index is 0.0626. The second-order valence-electron chi connectivity index (χ2n) is 7.54. The fourth-order valence-corrected chi connectivity index (χ4v) is 4.92. The van der Waals surface area contributed by atoms with Crippen molar-refractivity contribution in [2.24, 2.45) is 0 Å². The van der Waals surface area contributed by atoms with Gasteiger partial charge in [-0.2, -0.15) is 0 Å². The zero-order valence-electron chi connectivity index (χ0n) is 16.1. The molecule has 2 saturated heterocycles. The highest BCUT2D eigenvalue weighted by Crippen LogP contribution is 2.44. The van der Waals surface area contributed by atoms with Gasteiger partial charge in [0.05, 0.1) is 24.4 Å². The van der Waals surface area contributed by atoms with Gasteiger partial charge in [-0.25, -0.2) is 8.42 Å². The molecule has 0 amide bonds. The molecule has 0 radical (unpaired) electrons. The molecule has 4 atom stereocenters. The fraction of sp³-hybridized carbons (Fsp3) is 0.429. The predicted molar refractivity (Wildman–Crippen MR) is 103 cm³/mol. The quantitative estimate of drug-likeness (QED) is 0.689. The monoisotopic (exact) mass is 404 g/mol. The summed E-state index contributed by atoms with van der Waals surface area (Å²) < 4.78 is 48.1. The normalized spacial score (nSPS) is 29.6. The third kappa shape index (κ3) is 3.80. The maximum absolute atomic E-state index is 12.6. The lowest BCUT2D eigenvalue weighted by molar-refractivity contribution is -0.0935. The maximum Gasteiger partial charge on any atom is 0.184 e. The molecule has 0 bridgehead atoms. The summed E-state index contributed by atoms with van der Waals surface area (Å²) in [6.45, 7) is 4.17. The van der Waals surface area contributed by atoms with Gasteiger partial charge in [0.2, 0.25) is 0 Å². The molecule has 1 unspecified atom stereocenters. The Bertz CT molecular complexity index is 938. The first-order valence-electron chi connectivity index (χ1n) is 9.19. The van der Waals surface area contributed by atoms with Gasteiger partial charge in [-0.15, -0.1) is 0 Å². The van der Waals surface area contributed by atoms with Gasteiger partial charge in [-0.05, 0) is 38.1 Å². The highest BCUT2D eigenvalue weighted by atomic mass is 32.2. The number of sulfone groups is 1. The lowest BCUT2D eigenvalue weighted by Gasteiger charge is -2.20. The highest BCUT2D eigenvalue weighted by Gasteiger charge is 2.58. The SMILES string of the molecule is COc1ccc(C2OC[C@](C)([C@@H]3O[C@H]3CS(=O)(=O)c3ccc(C)cc3)O2)cc1. The lowest BCUT2D eigenvalue weighted by atomic mass is 10.0. The average molecular weight is 404 g/mol. The Kier molecular flexibility index (Phi) is 4.95. The molecule has 0 aromatic heterocycles. The molecule has 2 aromatic rings. The summed E-state index contributed by atoms with van der Waals surface area (Å²) in [5.74, 6) is 0.698. The highest BCUT2D eigenvalue weighted by molar-refractivity contribution is 7.91. The molecular weight excluding hydrogens is 380 g/mol. The summed E-state index contributed by atoms with van der Waals surface area (Å²) in [6, 6.07) is 14.4. The van der Waals surface area contributed by atoms with Gasteiger partial charge in [0.15, 0.2) is 16.1 Å². The fourth-order valence-electron chi connectivity index (χ4n) is 3.49. The first-order valence-corrected chi connectivity index (χ1v) is 10.8. The molecule has 4 rings (SSSR count). The van der Waals surface area contributed by atoms with E-state index < -0.39 is 27.8 Å². The average Bonchev–Trinajstić information content (AvgIpc) is 3.33. The van der Waals surface area contributed by atoms with Crippen molar-refractivity contribution in [3.05, 3.63) is 59.7 Å². The molecule has 2 fully saturated rings. The van der Waals surface area contributed by atoms with Gasteiger partial charge in [-0.1, -0.05) is 29.8 Å². The van der Waals surface area contributed by atoms with E-state index in [0.717, 1.165) is 16.9 Å². The van der Waals surface area contributed by atoms with E-state index in [-0.39, 0.29) is 11.9 Å². The number of ether oxygens (including phenoxy) is 4. The smallest absolute Gasteiger partial charge is 0.184 e. The molecule has 0 spiro atoms. The molecule has 0 N–H and O–H groups in total. The van der Waals surface area contributed by atoms with Crippen LogP contribution in [0.5, 0.6) is 5.75 Å². The van der Waals surface area contributed by atoms with Gasteiger partial charge in [-0.3, -0.25) is 0 Å². The van der Waals surface area contributed by atoms with Crippen molar-refractivity contribution >= 4 is 9.84 Å². The number of methoxy groups -OCH3 is 1. The Morgan fingerprint density at radius 1 is 1.11 bits per heavy atom. The van der Waals surface area contributed by atoms with Gasteiger partial charge in [0.25, 0.3) is 0 Å². The maximum atomic E-state index is 12.6. The van der Waals surface area contributed by atoms with Crippen LogP contribution in [0.3, 0.4) is 0 Å². The van der Waals surface area contributed by atoms with Crippen LogP contribution >= 0.6 is 0 Å². The van der Waals surface area contributed by atoms with E-state index in [2.05, 4.69) is 0 Å². The van der Waals surface area contributed by atoms with Crippen LogP contribution in [-0.2, 0) is 24.0 Å². The predicted octanol–water partition coefficient (Wildman–Crippen LogP) is 3.05. The van der Waals surface area contributed by atoms with Gasteiger partial charge in [0, 0.05) is 5.56 Å². The zero-order chi connectivity index (χ0) is 19.9. The Morgan fingerprint density at radius 2 is 1.79 bits per heavy atom. The van der Waals surface area contributed by atoms with Gasteiger partial charge in [0.1, 0.15) is 23.6 Å². The van der Waals surface area contributed by atoms with Crippen molar-refractivity contribution < 1.29 is 27.4 Å². The van der Waals surface area contributed by atoms with Crippen LogP contribution in [0, 0.1) is 6.92 Å². The summed E-state index contributed by atoms with van der Waals surface area (Å²) in [5.41, 5.74) is 1.22. The number of benzene rings is 2. The van der Waals surface area contributed by atoms with Gasteiger partial charge < -0.3 is 18.9 Å². The number of epoxide rings is 1. The lowest BCUT2D eigenvalue weighted by Crippen LogP contribution is -2.36. The van der Waals surface area contributed by atoms with Gasteiger partial charge >= 0.3 is 0 Å².